The second kappa shape index (κ2) is 7.70. The predicted molar refractivity (Wildman–Crippen MR) is 72.3 cm³/mol. The Labute approximate surface area is 106 Å². The summed E-state index contributed by atoms with van der Waals surface area (Å²) in [7, 11) is 0. The third kappa shape index (κ3) is 4.30. The number of hydrogen-bond acceptors (Lipinski definition) is 2. The van der Waals surface area contributed by atoms with Gasteiger partial charge in [0.1, 0.15) is 5.54 Å². The molecule has 0 bridgehead atoms. The molecule has 0 rings (SSSR count). The zero-order valence-electron chi connectivity index (χ0n) is 12.1. The molecule has 0 aromatic heterocycles. The Morgan fingerprint density at radius 3 is 2.24 bits per heavy atom. The first kappa shape index (κ1) is 16.4. The van der Waals surface area contributed by atoms with Gasteiger partial charge < -0.3 is 5.11 Å². The van der Waals surface area contributed by atoms with Crippen LogP contribution < -0.4 is 0 Å². The highest BCUT2D eigenvalue weighted by Gasteiger charge is 2.40. The molecular formula is C14H29NO2. The van der Waals surface area contributed by atoms with Crippen molar-refractivity contribution in [1.82, 2.24) is 4.90 Å². The zero-order valence-corrected chi connectivity index (χ0v) is 12.1. The molecule has 0 saturated heterocycles. The van der Waals surface area contributed by atoms with E-state index in [1.54, 1.807) is 0 Å². The summed E-state index contributed by atoms with van der Waals surface area (Å²) in [5.41, 5.74) is -0.709. The highest BCUT2D eigenvalue weighted by atomic mass is 16.4. The van der Waals surface area contributed by atoms with E-state index in [2.05, 4.69) is 32.6 Å². The number of hydrogen-bond donors (Lipinski definition) is 1. The Morgan fingerprint density at radius 2 is 1.88 bits per heavy atom. The highest BCUT2D eigenvalue weighted by molar-refractivity contribution is 5.78. The number of aliphatic carboxylic acids is 1. The lowest BCUT2D eigenvalue weighted by Crippen LogP contribution is -2.56. The van der Waals surface area contributed by atoms with Crippen LogP contribution in [0.15, 0.2) is 0 Å². The van der Waals surface area contributed by atoms with Crippen molar-refractivity contribution in [2.24, 2.45) is 0 Å². The number of carboxylic acid groups (broad SMARTS) is 1. The summed E-state index contributed by atoms with van der Waals surface area (Å²) in [6.07, 6.45) is 4.79. The molecule has 2 unspecified atom stereocenters. The maximum atomic E-state index is 11.6. The first-order valence-corrected chi connectivity index (χ1v) is 6.94. The Morgan fingerprint density at radius 1 is 1.29 bits per heavy atom. The minimum atomic E-state index is -0.709. The van der Waals surface area contributed by atoms with E-state index in [1.807, 2.05) is 6.92 Å². The molecule has 0 radical (unpaired) electrons. The van der Waals surface area contributed by atoms with Crippen molar-refractivity contribution in [2.75, 3.05) is 6.54 Å². The van der Waals surface area contributed by atoms with Crippen LogP contribution in [0.5, 0.6) is 0 Å². The van der Waals surface area contributed by atoms with Crippen molar-refractivity contribution in [3.05, 3.63) is 0 Å². The van der Waals surface area contributed by atoms with E-state index in [1.165, 1.54) is 0 Å². The van der Waals surface area contributed by atoms with Crippen LogP contribution in [-0.4, -0.2) is 34.1 Å². The van der Waals surface area contributed by atoms with Gasteiger partial charge in [0.2, 0.25) is 0 Å². The Bertz CT molecular complexity index is 230. The van der Waals surface area contributed by atoms with E-state index >= 15 is 0 Å². The van der Waals surface area contributed by atoms with Crippen LogP contribution >= 0.6 is 0 Å². The molecule has 1 N–H and O–H groups in total. The van der Waals surface area contributed by atoms with E-state index in [0.29, 0.717) is 6.04 Å². The lowest BCUT2D eigenvalue weighted by atomic mass is 9.91. The first-order valence-electron chi connectivity index (χ1n) is 6.94. The molecule has 0 heterocycles. The quantitative estimate of drug-likeness (QED) is 0.673. The maximum absolute atomic E-state index is 11.6. The molecule has 2 atom stereocenters. The predicted octanol–water partition coefficient (Wildman–Crippen LogP) is 3.53. The molecule has 17 heavy (non-hydrogen) atoms. The van der Waals surface area contributed by atoms with E-state index in [-0.39, 0.29) is 0 Å². The second-order valence-electron chi connectivity index (χ2n) is 5.13. The minimum absolute atomic E-state index is 0.328. The molecule has 0 aromatic rings. The zero-order chi connectivity index (χ0) is 13.5. The molecule has 0 amide bonds. The third-order valence-electron chi connectivity index (χ3n) is 3.71. The van der Waals surface area contributed by atoms with Crippen molar-refractivity contribution in [3.63, 3.8) is 0 Å². The molecule has 0 aliphatic carbocycles. The van der Waals surface area contributed by atoms with Gasteiger partial charge in [0.25, 0.3) is 0 Å². The van der Waals surface area contributed by atoms with Gasteiger partial charge in [-0.15, -0.1) is 0 Å². The van der Waals surface area contributed by atoms with Gasteiger partial charge in [-0.2, -0.15) is 0 Å². The first-order chi connectivity index (χ1) is 7.93. The molecule has 0 fully saturated rings. The molecule has 0 spiro atoms. The Balaban J connectivity index is 4.99. The summed E-state index contributed by atoms with van der Waals surface area (Å²) in [5.74, 6) is -0.684. The largest absolute Gasteiger partial charge is 0.480 e. The smallest absolute Gasteiger partial charge is 0.323 e. The SMILES string of the molecule is CCCCN(C(C)CC)C(C)(CCC)C(=O)O. The van der Waals surface area contributed by atoms with E-state index in [4.69, 9.17) is 0 Å². The van der Waals surface area contributed by atoms with Crippen molar-refractivity contribution < 1.29 is 9.90 Å². The third-order valence-corrected chi connectivity index (χ3v) is 3.71. The number of nitrogens with zero attached hydrogens (tertiary/aromatic N) is 1. The second-order valence-corrected chi connectivity index (χ2v) is 5.13. The van der Waals surface area contributed by atoms with Crippen LogP contribution in [-0.2, 0) is 4.79 Å². The normalized spacial score (nSPS) is 16.8. The lowest BCUT2D eigenvalue weighted by molar-refractivity contribution is -0.153. The van der Waals surface area contributed by atoms with Crippen LogP contribution in [0, 0.1) is 0 Å². The average Bonchev–Trinajstić information content (AvgIpc) is 2.29. The number of carboxylic acids is 1. The molecule has 0 saturated carbocycles. The summed E-state index contributed by atoms with van der Waals surface area (Å²) in [6.45, 7) is 11.2. The van der Waals surface area contributed by atoms with Crippen LogP contribution in [0.2, 0.25) is 0 Å². The van der Waals surface area contributed by atoms with Gasteiger partial charge in [0, 0.05) is 6.04 Å². The van der Waals surface area contributed by atoms with E-state index < -0.39 is 11.5 Å². The minimum Gasteiger partial charge on any atom is -0.480 e. The fraction of sp³-hybridized carbons (Fsp3) is 0.929. The van der Waals surface area contributed by atoms with Gasteiger partial charge in [-0.3, -0.25) is 9.69 Å². The van der Waals surface area contributed by atoms with Gasteiger partial charge in [-0.25, -0.2) is 0 Å². The number of carbonyl (C=O) groups is 1. The van der Waals surface area contributed by atoms with Gasteiger partial charge >= 0.3 is 5.97 Å². The van der Waals surface area contributed by atoms with Crippen LogP contribution in [0.25, 0.3) is 0 Å². The highest BCUT2D eigenvalue weighted by Crippen LogP contribution is 2.26. The van der Waals surface area contributed by atoms with Crippen molar-refractivity contribution in [2.45, 2.75) is 78.3 Å². The lowest BCUT2D eigenvalue weighted by Gasteiger charge is -2.42. The summed E-state index contributed by atoms with van der Waals surface area (Å²) in [5, 5.41) is 9.54. The molecule has 0 aliphatic heterocycles. The van der Waals surface area contributed by atoms with Gasteiger partial charge in [0.05, 0.1) is 0 Å². The molecule has 0 aromatic carbocycles. The molecule has 102 valence electrons. The standard InChI is InChI=1S/C14H29NO2/c1-6-9-11-15(12(4)8-3)14(5,10-7-2)13(16)17/h12H,6-11H2,1-5H3,(H,16,17). The molecule has 0 aliphatic rings. The number of rotatable bonds is 9. The number of unbranched alkanes of at least 4 members (excludes halogenated alkanes) is 1. The van der Waals surface area contributed by atoms with Crippen LogP contribution in [0.4, 0.5) is 0 Å². The van der Waals surface area contributed by atoms with Gasteiger partial charge in [0.15, 0.2) is 0 Å². The van der Waals surface area contributed by atoms with Gasteiger partial charge in [-0.1, -0.05) is 33.6 Å². The summed E-state index contributed by atoms with van der Waals surface area (Å²) < 4.78 is 0. The van der Waals surface area contributed by atoms with E-state index in [9.17, 15) is 9.90 Å². The summed E-state index contributed by atoms with van der Waals surface area (Å²) in [4.78, 5) is 13.8. The molecular weight excluding hydrogens is 214 g/mol. The Kier molecular flexibility index (Phi) is 7.44. The Hall–Kier alpha value is -0.570. The summed E-state index contributed by atoms with van der Waals surface area (Å²) >= 11 is 0. The monoisotopic (exact) mass is 243 g/mol. The van der Waals surface area contributed by atoms with Crippen molar-refractivity contribution in [1.29, 1.82) is 0 Å². The van der Waals surface area contributed by atoms with Crippen LogP contribution in [0.3, 0.4) is 0 Å². The van der Waals surface area contributed by atoms with Crippen molar-refractivity contribution >= 4 is 5.97 Å². The topological polar surface area (TPSA) is 40.5 Å². The van der Waals surface area contributed by atoms with E-state index in [0.717, 1.165) is 38.6 Å². The fourth-order valence-corrected chi connectivity index (χ4v) is 2.36. The molecule has 3 heteroatoms. The summed E-state index contributed by atoms with van der Waals surface area (Å²) in [6, 6.07) is 0.328. The fourth-order valence-electron chi connectivity index (χ4n) is 2.36. The van der Waals surface area contributed by atoms with Gasteiger partial charge in [-0.05, 0) is 39.7 Å². The van der Waals surface area contributed by atoms with Crippen LogP contribution in [0.1, 0.15) is 66.7 Å². The van der Waals surface area contributed by atoms with Crippen molar-refractivity contribution in [3.8, 4) is 0 Å². The maximum Gasteiger partial charge on any atom is 0.323 e. The molecule has 3 nitrogen and oxygen atoms in total. The average molecular weight is 243 g/mol.